The van der Waals surface area contributed by atoms with Crippen LogP contribution in [0.25, 0.3) is 0 Å². The highest BCUT2D eigenvalue weighted by molar-refractivity contribution is 8.00. The molecule has 0 aliphatic heterocycles. The largest absolute Gasteiger partial charge is 0.324 e. The van der Waals surface area contributed by atoms with Crippen LogP contribution in [0.15, 0.2) is 29.4 Å². The van der Waals surface area contributed by atoms with E-state index < -0.39 is 0 Å². The first-order valence-electron chi connectivity index (χ1n) is 8.19. The number of hydrogen-bond acceptors (Lipinski definition) is 3. The third kappa shape index (κ3) is 4.54. The van der Waals surface area contributed by atoms with Crippen LogP contribution in [0.3, 0.4) is 0 Å². The van der Waals surface area contributed by atoms with Crippen LogP contribution in [0.2, 0.25) is 5.02 Å². The summed E-state index contributed by atoms with van der Waals surface area (Å²) in [6.07, 6.45) is 2.23. The average molecular weight is 366 g/mol. The number of aromatic nitrogens is 2. The molecule has 0 aliphatic rings. The Labute approximate surface area is 153 Å². The van der Waals surface area contributed by atoms with E-state index in [0.29, 0.717) is 10.7 Å². The Kier molecular flexibility index (Phi) is 6.75. The van der Waals surface area contributed by atoms with Gasteiger partial charge in [-0.1, -0.05) is 48.8 Å². The molecule has 1 N–H and O–H groups in total. The second kappa shape index (κ2) is 8.58. The summed E-state index contributed by atoms with van der Waals surface area (Å²) >= 11 is 7.59. The van der Waals surface area contributed by atoms with Crippen molar-refractivity contribution in [2.45, 2.75) is 57.5 Å². The zero-order valence-corrected chi connectivity index (χ0v) is 16.2. The predicted octanol–water partition coefficient (Wildman–Crippen LogP) is 5.07. The van der Waals surface area contributed by atoms with Crippen LogP contribution in [0.4, 0.5) is 5.69 Å². The summed E-state index contributed by atoms with van der Waals surface area (Å²) in [6, 6.07) is 7.25. The van der Waals surface area contributed by atoms with Crippen molar-refractivity contribution in [2.24, 2.45) is 0 Å². The van der Waals surface area contributed by atoms with Crippen LogP contribution >= 0.6 is 23.4 Å². The fourth-order valence-electron chi connectivity index (χ4n) is 2.30. The number of carbonyl (C=O) groups is 1. The monoisotopic (exact) mass is 365 g/mol. The summed E-state index contributed by atoms with van der Waals surface area (Å²) in [6.45, 7) is 9.09. The third-order valence-electron chi connectivity index (χ3n) is 3.94. The second-order valence-corrected chi connectivity index (χ2v) is 7.51. The Morgan fingerprint density at radius 1 is 1.38 bits per heavy atom. The lowest BCUT2D eigenvalue weighted by Crippen LogP contribution is -2.23. The van der Waals surface area contributed by atoms with Crippen molar-refractivity contribution in [1.82, 2.24) is 9.55 Å². The molecule has 1 unspecified atom stereocenters. The third-order valence-corrected chi connectivity index (χ3v) is 5.36. The minimum atomic E-state index is -0.261. The van der Waals surface area contributed by atoms with Crippen LogP contribution in [-0.2, 0) is 11.3 Å². The van der Waals surface area contributed by atoms with Crippen molar-refractivity contribution in [2.75, 3.05) is 5.32 Å². The molecule has 1 atom stereocenters. The molecule has 24 heavy (non-hydrogen) atoms. The van der Waals surface area contributed by atoms with E-state index in [0.717, 1.165) is 30.2 Å². The van der Waals surface area contributed by atoms with E-state index in [1.54, 1.807) is 12.1 Å². The molecule has 0 radical (unpaired) electrons. The lowest BCUT2D eigenvalue weighted by Gasteiger charge is -2.14. The van der Waals surface area contributed by atoms with Gasteiger partial charge in [-0.2, -0.15) is 0 Å². The molecule has 0 aliphatic carbocycles. The first-order chi connectivity index (χ1) is 11.4. The van der Waals surface area contributed by atoms with Crippen LogP contribution in [0.5, 0.6) is 0 Å². The molecule has 1 heterocycles. The van der Waals surface area contributed by atoms with E-state index in [4.69, 9.17) is 11.6 Å². The van der Waals surface area contributed by atoms with E-state index in [1.165, 1.54) is 17.5 Å². The number of imidazole rings is 1. The van der Waals surface area contributed by atoms with Crippen molar-refractivity contribution in [1.29, 1.82) is 0 Å². The summed E-state index contributed by atoms with van der Waals surface area (Å²) < 4.78 is 2.21. The van der Waals surface area contributed by atoms with Gasteiger partial charge in [-0.3, -0.25) is 4.79 Å². The molecule has 4 nitrogen and oxygen atoms in total. The van der Waals surface area contributed by atoms with Gasteiger partial charge < -0.3 is 9.88 Å². The second-order valence-electron chi connectivity index (χ2n) is 5.80. The highest BCUT2D eigenvalue weighted by atomic mass is 35.5. The van der Waals surface area contributed by atoms with Gasteiger partial charge in [0.05, 0.1) is 21.7 Å². The van der Waals surface area contributed by atoms with E-state index in [9.17, 15) is 4.79 Å². The van der Waals surface area contributed by atoms with E-state index >= 15 is 0 Å². The Bertz CT molecular complexity index is 714. The Morgan fingerprint density at radius 3 is 2.75 bits per heavy atom. The predicted molar refractivity (Wildman–Crippen MR) is 102 cm³/mol. The molecule has 0 bridgehead atoms. The number of nitrogens with one attached hydrogen (secondary N) is 1. The van der Waals surface area contributed by atoms with Crippen LogP contribution in [0, 0.1) is 13.8 Å². The van der Waals surface area contributed by atoms with Crippen molar-refractivity contribution in [3.8, 4) is 0 Å². The Hall–Kier alpha value is -1.46. The molecular weight excluding hydrogens is 342 g/mol. The summed E-state index contributed by atoms with van der Waals surface area (Å²) in [4.78, 5) is 17.1. The maximum atomic E-state index is 12.5. The molecule has 2 rings (SSSR count). The van der Waals surface area contributed by atoms with E-state index in [2.05, 4.69) is 28.7 Å². The number of amides is 1. The van der Waals surface area contributed by atoms with Gasteiger partial charge in [-0.15, -0.1) is 0 Å². The van der Waals surface area contributed by atoms with Crippen molar-refractivity contribution in [3.05, 3.63) is 40.7 Å². The highest BCUT2D eigenvalue weighted by Crippen LogP contribution is 2.27. The van der Waals surface area contributed by atoms with Crippen molar-refractivity contribution < 1.29 is 4.79 Å². The van der Waals surface area contributed by atoms with Crippen LogP contribution in [0.1, 0.15) is 38.1 Å². The first-order valence-corrected chi connectivity index (χ1v) is 9.45. The summed E-state index contributed by atoms with van der Waals surface area (Å²) in [5, 5.41) is 4.07. The summed E-state index contributed by atoms with van der Waals surface area (Å²) in [7, 11) is 0. The lowest BCUT2D eigenvalue weighted by molar-refractivity contribution is -0.115. The SMILES string of the molecule is CCCCn1c(SC(C)C(=O)Nc2ccccc2Cl)nc(C)c1C. The number of unbranched alkanes of at least 4 members (excludes halogenated alkanes) is 1. The van der Waals surface area contributed by atoms with Crippen LogP contribution < -0.4 is 5.32 Å². The molecule has 130 valence electrons. The zero-order chi connectivity index (χ0) is 17.7. The smallest absolute Gasteiger partial charge is 0.237 e. The first kappa shape index (κ1) is 18.9. The number of thioether (sulfide) groups is 1. The number of halogens is 1. The van der Waals surface area contributed by atoms with E-state index in [1.807, 2.05) is 26.0 Å². The standard InChI is InChI=1S/C18H24ClN3OS/c1-5-6-11-22-13(3)12(2)20-18(22)24-14(4)17(23)21-16-10-8-7-9-15(16)19/h7-10,14H,5-6,11H2,1-4H3,(H,21,23). The quantitative estimate of drug-likeness (QED) is 0.696. The van der Waals surface area contributed by atoms with Gasteiger partial charge in [0, 0.05) is 12.2 Å². The van der Waals surface area contributed by atoms with Gasteiger partial charge in [0.25, 0.3) is 0 Å². The fourth-order valence-corrected chi connectivity index (χ4v) is 3.51. The number of aryl methyl sites for hydroxylation is 1. The molecule has 6 heteroatoms. The Morgan fingerprint density at radius 2 is 2.08 bits per heavy atom. The van der Waals surface area contributed by atoms with Gasteiger partial charge in [0.15, 0.2) is 5.16 Å². The van der Waals surface area contributed by atoms with E-state index in [-0.39, 0.29) is 11.2 Å². The number of rotatable bonds is 7. The minimum Gasteiger partial charge on any atom is -0.324 e. The summed E-state index contributed by atoms with van der Waals surface area (Å²) in [5.41, 5.74) is 2.83. The maximum absolute atomic E-state index is 12.5. The molecule has 0 saturated heterocycles. The highest BCUT2D eigenvalue weighted by Gasteiger charge is 2.20. The number of para-hydroxylation sites is 1. The number of hydrogen-bond donors (Lipinski definition) is 1. The molecule has 1 aromatic heterocycles. The minimum absolute atomic E-state index is 0.0755. The van der Waals surface area contributed by atoms with Gasteiger partial charge >= 0.3 is 0 Å². The average Bonchev–Trinajstić information content (AvgIpc) is 2.81. The maximum Gasteiger partial charge on any atom is 0.237 e. The van der Waals surface area contributed by atoms with Crippen molar-refractivity contribution in [3.63, 3.8) is 0 Å². The van der Waals surface area contributed by atoms with Gasteiger partial charge in [-0.25, -0.2) is 4.98 Å². The molecule has 2 aromatic rings. The van der Waals surface area contributed by atoms with Crippen molar-refractivity contribution >= 4 is 35.0 Å². The van der Waals surface area contributed by atoms with Gasteiger partial charge in [0.1, 0.15) is 0 Å². The topological polar surface area (TPSA) is 46.9 Å². The number of anilines is 1. The molecular formula is C18H24ClN3OS. The molecule has 1 amide bonds. The number of nitrogens with zero attached hydrogens (tertiary/aromatic N) is 2. The Balaban J connectivity index is 2.09. The van der Waals surface area contributed by atoms with Gasteiger partial charge in [-0.05, 0) is 39.3 Å². The zero-order valence-electron chi connectivity index (χ0n) is 14.6. The lowest BCUT2D eigenvalue weighted by atomic mass is 10.3. The van der Waals surface area contributed by atoms with Crippen LogP contribution in [-0.4, -0.2) is 20.7 Å². The molecule has 0 spiro atoms. The fraction of sp³-hybridized carbons (Fsp3) is 0.444. The summed E-state index contributed by atoms with van der Waals surface area (Å²) in [5.74, 6) is -0.0755. The molecule has 1 aromatic carbocycles. The molecule has 0 saturated carbocycles. The normalized spacial score (nSPS) is 12.2. The van der Waals surface area contributed by atoms with Gasteiger partial charge in [0.2, 0.25) is 5.91 Å². The molecule has 0 fully saturated rings. The number of benzene rings is 1. The number of carbonyl (C=O) groups excluding carboxylic acids is 1.